The fourth-order valence-electron chi connectivity index (χ4n) is 3.94. The molecule has 2 fully saturated rings. The molecule has 2 saturated heterocycles. The number of likely N-dealkylation sites (tertiary alicyclic amines) is 1. The first-order valence-corrected chi connectivity index (χ1v) is 11.0. The molecule has 1 aromatic rings. The molecule has 0 aromatic heterocycles. The third-order valence-corrected chi connectivity index (χ3v) is 7.26. The van der Waals surface area contributed by atoms with Gasteiger partial charge in [0, 0.05) is 37.8 Å². The fourth-order valence-corrected chi connectivity index (χ4v) is 5.50. The average molecular weight is 416 g/mol. The van der Waals surface area contributed by atoms with Crippen LogP contribution in [-0.2, 0) is 10.0 Å². The van der Waals surface area contributed by atoms with Gasteiger partial charge in [0.1, 0.15) is 0 Å². The minimum atomic E-state index is -3.54. The number of halogens is 1. The number of nitrogens with zero attached hydrogens (tertiary/aromatic N) is 2. The highest BCUT2D eigenvalue weighted by atomic mass is 35.5. The topological polar surface area (TPSA) is 69.7 Å². The lowest BCUT2D eigenvalue weighted by Gasteiger charge is -2.25. The number of benzene rings is 1. The normalized spacial score (nSPS) is 21.5. The highest BCUT2D eigenvalue weighted by Gasteiger charge is 2.30. The summed E-state index contributed by atoms with van der Waals surface area (Å²) < 4.78 is 27.6. The van der Waals surface area contributed by atoms with Gasteiger partial charge in [0.25, 0.3) is 5.91 Å². The molecule has 1 aromatic carbocycles. The summed E-state index contributed by atoms with van der Waals surface area (Å²) in [6, 6.07) is 6.74. The van der Waals surface area contributed by atoms with Crippen LogP contribution in [-0.4, -0.2) is 62.8 Å². The third kappa shape index (κ3) is 5.02. The van der Waals surface area contributed by atoms with Gasteiger partial charge in [-0.2, -0.15) is 4.31 Å². The van der Waals surface area contributed by atoms with Gasteiger partial charge in [-0.15, -0.1) is 12.4 Å². The Morgan fingerprint density at radius 2 is 1.81 bits per heavy atom. The Labute approximate surface area is 168 Å². The molecule has 0 radical (unpaired) electrons. The molecule has 2 aliphatic rings. The maximum atomic E-state index is 13.0. The Kier molecular flexibility index (Phi) is 8.09. The Morgan fingerprint density at radius 3 is 2.48 bits per heavy atom. The van der Waals surface area contributed by atoms with E-state index >= 15 is 0 Å². The van der Waals surface area contributed by atoms with Crippen LogP contribution in [0.3, 0.4) is 0 Å². The van der Waals surface area contributed by atoms with Crippen LogP contribution < -0.4 is 5.32 Å². The van der Waals surface area contributed by atoms with Crippen LogP contribution >= 0.6 is 12.4 Å². The van der Waals surface area contributed by atoms with E-state index in [-0.39, 0.29) is 29.3 Å². The Morgan fingerprint density at radius 1 is 1.11 bits per heavy atom. The second-order valence-corrected chi connectivity index (χ2v) is 9.14. The number of sulfonamides is 1. The van der Waals surface area contributed by atoms with Crippen molar-refractivity contribution in [3.63, 3.8) is 0 Å². The van der Waals surface area contributed by atoms with E-state index in [9.17, 15) is 13.2 Å². The van der Waals surface area contributed by atoms with Crippen molar-refractivity contribution in [2.75, 3.05) is 33.2 Å². The lowest BCUT2D eigenvalue weighted by molar-refractivity contribution is 0.0737. The van der Waals surface area contributed by atoms with Gasteiger partial charge in [0.15, 0.2) is 0 Å². The van der Waals surface area contributed by atoms with Gasteiger partial charge in [-0.25, -0.2) is 8.42 Å². The molecule has 1 atom stereocenters. The van der Waals surface area contributed by atoms with Gasteiger partial charge in [0.05, 0.1) is 4.90 Å². The monoisotopic (exact) mass is 415 g/mol. The number of carbonyl (C=O) groups is 1. The maximum Gasteiger partial charge on any atom is 0.254 e. The SMILES string of the molecule is CNCC1CCCN1C(=O)c1cccc(S(=O)(=O)N2CCCCCC2)c1.Cl. The molecule has 0 spiro atoms. The molecule has 1 amide bonds. The second kappa shape index (κ2) is 9.87. The quantitative estimate of drug-likeness (QED) is 0.802. The molecule has 0 bridgehead atoms. The highest BCUT2D eigenvalue weighted by molar-refractivity contribution is 7.89. The van der Waals surface area contributed by atoms with Crippen molar-refractivity contribution in [2.45, 2.75) is 49.5 Å². The standard InChI is InChI=1S/C19H29N3O3S.ClH/c1-20-15-17-9-7-13-22(17)19(23)16-8-6-10-18(14-16)26(24,25)21-11-4-2-3-5-12-21;/h6,8,10,14,17,20H,2-5,7,9,11-13,15H2,1H3;1H. The van der Waals surface area contributed by atoms with Gasteiger partial charge < -0.3 is 10.2 Å². The molecule has 6 nitrogen and oxygen atoms in total. The van der Waals surface area contributed by atoms with Crippen LogP contribution in [0.5, 0.6) is 0 Å². The summed E-state index contributed by atoms with van der Waals surface area (Å²) in [7, 11) is -1.65. The van der Waals surface area contributed by atoms with Crippen molar-refractivity contribution in [3.8, 4) is 0 Å². The molecule has 1 N–H and O–H groups in total. The molecule has 0 aliphatic carbocycles. The van der Waals surface area contributed by atoms with E-state index in [1.165, 1.54) is 0 Å². The van der Waals surface area contributed by atoms with Gasteiger partial charge >= 0.3 is 0 Å². The summed E-state index contributed by atoms with van der Waals surface area (Å²) in [4.78, 5) is 15.0. The highest BCUT2D eigenvalue weighted by Crippen LogP contribution is 2.24. The molecule has 2 aliphatic heterocycles. The van der Waals surface area contributed by atoms with Crippen molar-refractivity contribution in [1.29, 1.82) is 0 Å². The zero-order valence-corrected chi connectivity index (χ0v) is 17.5. The van der Waals surface area contributed by atoms with Crippen LogP contribution in [0.1, 0.15) is 48.9 Å². The summed E-state index contributed by atoms with van der Waals surface area (Å²) in [6.45, 7) is 2.62. The third-order valence-electron chi connectivity index (χ3n) is 5.36. The zero-order valence-electron chi connectivity index (χ0n) is 15.9. The van der Waals surface area contributed by atoms with E-state index in [2.05, 4.69) is 5.32 Å². The van der Waals surface area contributed by atoms with Gasteiger partial charge in [0.2, 0.25) is 10.0 Å². The number of rotatable bonds is 5. The minimum Gasteiger partial charge on any atom is -0.334 e. The molecule has 27 heavy (non-hydrogen) atoms. The minimum absolute atomic E-state index is 0. The first kappa shape index (κ1) is 22.1. The number of nitrogens with one attached hydrogen (secondary N) is 1. The van der Waals surface area contributed by atoms with Crippen LogP contribution in [0.15, 0.2) is 29.2 Å². The zero-order chi connectivity index (χ0) is 18.6. The molecular weight excluding hydrogens is 386 g/mol. The van der Waals surface area contributed by atoms with Crippen LogP contribution in [0, 0.1) is 0 Å². The molecule has 3 rings (SSSR count). The molecule has 8 heteroatoms. The predicted molar refractivity (Wildman–Crippen MR) is 109 cm³/mol. The van der Waals surface area contributed by atoms with Crippen molar-refractivity contribution in [3.05, 3.63) is 29.8 Å². The van der Waals surface area contributed by atoms with Crippen molar-refractivity contribution >= 4 is 28.3 Å². The van der Waals surface area contributed by atoms with Crippen molar-refractivity contribution < 1.29 is 13.2 Å². The summed E-state index contributed by atoms with van der Waals surface area (Å²) in [5.74, 6) is -0.0735. The average Bonchev–Trinajstić information content (AvgIpc) is 2.92. The largest absolute Gasteiger partial charge is 0.334 e. The van der Waals surface area contributed by atoms with Crippen molar-refractivity contribution in [1.82, 2.24) is 14.5 Å². The van der Waals surface area contributed by atoms with Crippen LogP contribution in [0.2, 0.25) is 0 Å². The molecule has 2 heterocycles. The van der Waals surface area contributed by atoms with E-state index in [1.54, 1.807) is 28.6 Å². The summed E-state index contributed by atoms with van der Waals surface area (Å²) in [6.07, 6.45) is 5.93. The van der Waals surface area contributed by atoms with Gasteiger partial charge in [-0.1, -0.05) is 18.9 Å². The number of likely N-dealkylation sites (N-methyl/N-ethyl adjacent to an activating group) is 1. The molecular formula is C19H30ClN3O3S. The summed E-state index contributed by atoms with van der Waals surface area (Å²) >= 11 is 0. The lowest BCUT2D eigenvalue weighted by atomic mass is 10.1. The van der Waals surface area contributed by atoms with E-state index < -0.39 is 10.0 Å². The smallest absolute Gasteiger partial charge is 0.254 e. The van der Waals surface area contributed by atoms with Crippen LogP contribution in [0.25, 0.3) is 0 Å². The van der Waals surface area contributed by atoms with Crippen molar-refractivity contribution in [2.24, 2.45) is 0 Å². The van der Waals surface area contributed by atoms with Gasteiger partial charge in [-0.05, 0) is 50.9 Å². The number of amides is 1. The molecule has 1 unspecified atom stereocenters. The lowest BCUT2D eigenvalue weighted by Crippen LogP contribution is -2.41. The Balaban J connectivity index is 0.00000261. The molecule has 152 valence electrons. The first-order chi connectivity index (χ1) is 12.5. The van der Waals surface area contributed by atoms with Gasteiger partial charge in [-0.3, -0.25) is 4.79 Å². The number of hydrogen-bond donors (Lipinski definition) is 1. The fraction of sp³-hybridized carbons (Fsp3) is 0.632. The Bertz CT molecular complexity index is 733. The van der Waals surface area contributed by atoms with E-state index in [1.807, 2.05) is 11.9 Å². The first-order valence-electron chi connectivity index (χ1n) is 9.60. The predicted octanol–water partition coefficient (Wildman–Crippen LogP) is 2.50. The Hall–Kier alpha value is -1.15. The van der Waals surface area contributed by atoms with E-state index in [4.69, 9.17) is 0 Å². The van der Waals surface area contributed by atoms with E-state index in [0.717, 1.165) is 51.6 Å². The second-order valence-electron chi connectivity index (χ2n) is 7.20. The van der Waals surface area contributed by atoms with Crippen LogP contribution in [0.4, 0.5) is 0 Å². The number of carbonyl (C=O) groups excluding carboxylic acids is 1. The molecule has 0 saturated carbocycles. The summed E-state index contributed by atoms with van der Waals surface area (Å²) in [5, 5.41) is 3.13. The van der Waals surface area contributed by atoms with E-state index in [0.29, 0.717) is 18.7 Å². The summed E-state index contributed by atoms with van der Waals surface area (Å²) in [5.41, 5.74) is 0.462. The number of hydrogen-bond acceptors (Lipinski definition) is 4. The maximum absolute atomic E-state index is 13.0.